The van der Waals surface area contributed by atoms with E-state index < -0.39 is 17.5 Å². The molecule has 0 aromatic carbocycles. The highest BCUT2D eigenvalue weighted by Crippen LogP contribution is 2.28. The first-order valence-corrected chi connectivity index (χ1v) is 5.33. The summed E-state index contributed by atoms with van der Waals surface area (Å²) in [6.45, 7) is 2.59. The number of ether oxygens (including phenoxy) is 1. The molecule has 0 saturated heterocycles. The Morgan fingerprint density at radius 3 is 2.44 bits per heavy atom. The van der Waals surface area contributed by atoms with Crippen molar-refractivity contribution in [2.75, 3.05) is 13.1 Å². The van der Waals surface area contributed by atoms with Crippen molar-refractivity contribution in [1.82, 2.24) is 5.32 Å². The molecule has 0 atom stereocenters. The topological polar surface area (TPSA) is 81.4 Å². The van der Waals surface area contributed by atoms with Crippen LogP contribution < -0.4 is 11.1 Å². The Bertz CT molecular complexity index is 252. The van der Waals surface area contributed by atoms with Gasteiger partial charge in [-0.1, -0.05) is 19.8 Å². The van der Waals surface area contributed by atoms with Gasteiger partial charge in [0.1, 0.15) is 5.54 Å². The van der Waals surface area contributed by atoms with Gasteiger partial charge in [0.15, 0.2) is 0 Å². The van der Waals surface area contributed by atoms with Crippen molar-refractivity contribution in [2.45, 2.75) is 38.1 Å². The summed E-state index contributed by atoms with van der Waals surface area (Å²) < 4.78 is 4.67. The molecule has 1 fully saturated rings. The maximum Gasteiger partial charge on any atom is 0.333 e. The van der Waals surface area contributed by atoms with Crippen molar-refractivity contribution >= 4 is 28.9 Å². The molecule has 0 unspecified atom stereocenters. The summed E-state index contributed by atoms with van der Waals surface area (Å²) in [5.41, 5.74) is 4.90. The zero-order chi connectivity index (χ0) is 11.3. The van der Waals surface area contributed by atoms with E-state index in [0.29, 0.717) is 19.4 Å². The van der Waals surface area contributed by atoms with Crippen LogP contribution in [-0.4, -0.2) is 30.6 Å². The molecule has 0 aromatic rings. The number of rotatable bonds is 4. The number of carbonyl (C=O) groups is 2. The third kappa shape index (κ3) is 4.19. The van der Waals surface area contributed by atoms with Gasteiger partial charge in [0.05, 0.1) is 6.54 Å². The summed E-state index contributed by atoms with van der Waals surface area (Å²) in [5.74, 6) is -1.14. The van der Waals surface area contributed by atoms with Crippen LogP contribution in [0.1, 0.15) is 32.6 Å². The molecular formula is C10H19BrN2O3. The number of carbonyl (C=O) groups excluding carboxylic acids is 2. The number of halogens is 1. The first kappa shape index (κ1) is 15.5. The molecule has 1 rings (SSSR count). The van der Waals surface area contributed by atoms with Crippen LogP contribution in [0.5, 0.6) is 0 Å². The Morgan fingerprint density at radius 1 is 1.38 bits per heavy atom. The third-order valence-corrected chi connectivity index (χ3v) is 2.63. The Balaban J connectivity index is 0.00000225. The second-order valence-corrected chi connectivity index (χ2v) is 3.91. The summed E-state index contributed by atoms with van der Waals surface area (Å²) >= 11 is 0. The van der Waals surface area contributed by atoms with Crippen LogP contribution in [0, 0.1) is 0 Å². The van der Waals surface area contributed by atoms with E-state index in [9.17, 15) is 9.59 Å². The summed E-state index contributed by atoms with van der Waals surface area (Å²) in [5, 5.41) is 2.79. The Morgan fingerprint density at radius 2 is 1.94 bits per heavy atom. The average Bonchev–Trinajstić information content (AvgIpc) is 2.63. The number of nitrogens with two attached hydrogens (primary N) is 1. The van der Waals surface area contributed by atoms with Crippen molar-refractivity contribution in [2.24, 2.45) is 5.73 Å². The molecule has 3 N–H and O–H groups in total. The second-order valence-electron chi connectivity index (χ2n) is 3.91. The van der Waals surface area contributed by atoms with E-state index in [1.807, 2.05) is 6.92 Å². The van der Waals surface area contributed by atoms with E-state index in [-0.39, 0.29) is 23.5 Å². The average molecular weight is 295 g/mol. The van der Waals surface area contributed by atoms with Crippen LogP contribution in [0.3, 0.4) is 0 Å². The van der Waals surface area contributed by atoms with Gasteiger partial charge in [-0.3, -0.25) is 4.79 Å². The molecule has 0 amide bonds. The van der Waals surface area contributed by atoms with Crippen LogP contribution in [0.4, 0.5) is 0 Å². The highest BCUT2D eigenvalue weighted by Gasteiger charge is 2.39. The van der Waals surface area contributed by atoms with Gasteiger partial charge in [0, 0.05) is 0 Å². The van der Waals surface area contributed by atoms with E-state index in [1.165, 1.54) is 0 Å². The minimum atomic E-state index is -0.929. The van der Waals surface area contributed by atoms with Crippen molar-refractivity contribution in [3.8, 4) is 0 Å². The maximum atomic E-state index is 11.5. The quantitative estimate of drug-likeness (QED) is 0.583. The standard InChI is InChI=1S/C10H18N2O3.BrH/c1-2-12-7-8(13)15-9(14)10(11)5-3-4-6-10;/h12H,2-7,11H2,1H3;1H. The molecular weight excluding hydrogens is 276 g/mol. The van der Waals surface area contributed by atoms with Crippen LogP contribution in [0.2, 0.25) is 0 Å². The van der Waals surface area contributed by atoms with E-state index in [4.69, 9.17) is 5.73 Å². The fraction of sp³-hybridized carbons (Fsp3) is 0.800. The summed E-state index contributed by atoms with van der Waals surface area (Å²) in [6, 6.07) is 0. The zero-order valence-corrected chi connectivity index (χ0v) is 11.2. The predicted octanol–water partition coefficient (Wildman–Crippen LogP) is 0.515. The number of hydrogen-bond donors (Lipinski definition) is 2. The van der Waals surface area contributed by atoms with E-state index in [0.717, 1.165) is 12.8 Å². The highest BCUT2D eigenvalue weighted by atomic mass is 79.9. The smallest absolute Gasteiger partial charge is 0.333 e. The highest BCUT2D eigenvalue weighted by molar-refractivity contribution is 8.93. The SMILES string of the molecule is Br.CCNCC(=O)OC(=O)C1(N)CCCC1. The molecule has 94 valence electrons. The zero-order valence-electron chi connectivity index (χ0n) is 9.45. The van der Waals surface area contributed by atoms with Gasteiger partial charge < -0.3 is 15.8 Å². The normalized spacial score (nSPS) is 17.6. The Labute approximate surface area is 106 Å². The lowest BCUT2D eigenvalue weighted by molar-refractivity contribution is -0.163. The molecule has 0 aliphatic heterocycles. The van der Waals surface area contributed by atoms with Gasteiger partial charge in [0.2, 0.25) is 0 Å². The van der Waals surface area contributed by atoms with Gasteiger partial charge in [-0.05, 0) is 19.4 Å². The summed E-state index contributed by atoms with van der Waals surface area (Å²) in [7, 11) is 0. The first-order chi connectivity index (χ1) is 7.08. The van der Waals surface area contributed by atoms with Crippen LogP contribution in [0.15, 0.2) is 0 Å². The van der Waals surface area contributed by atoms with Crippen molar-refractivity contribution < 1.29 is 14.3 Å². The number of nitrogens with one attached hydrogen (secondary N) is 1. The van der Waals surface area contributed by atoms with Gasteiger partial charge in [-0.15, -0.1) is 17.0 Å². The lowest BCUT2D eigenvalue weighted by atomic mass is 10.00. The molecule has 5 nitrogen and oxygen atoms in total. The lowest BCUT2D eigenvalue weighted by Gasteiger charge is -2.19. The van der Waals surface area contributed by atoms with E-state index >= 15 is 0 Å². The number of esters is 2. The monoisotopic (exact) mass is 294 g/mol. The summed E-state index contributed by atoms with van der Waals surface area (Å²) in [6.07, 6.45) is 3.07. The molecule has 1 aliphatic rings. The first-order valence-electron chi connectivity index (χ1n) is 5.33. The molecule has 0 radical (unpaired) electrons. The largest absolute Gasteiger partial charge is 0.391 e. The van der Waals surface area contributed by atoms with Crippen LogP contribution in [0.25, 0.3) is 0 Å². The molecule has 0 aromatic heterocycles. The van der Waals surface area contributed by atoms with Crippen LogP contribution in [-0.2, 0) is 14.3 Å². The van der Waals surface area contributed by atoms with E-state index in [1.54, 1.807) is 0 Å². The molecule has 0 bridgehead atoms. The summed E-state index contributed by atoms with van der Waals surface area (Å²) in [4.78, 5) is 22.7. The van der Waals surface area contributed by atoms with E-state index in [2.05, 4.69) is 10.1 Å². The van der Waals surface area contributed by atoms with Gasteiger partial charge in [-0.2, -0.15) is 0 Å². The van der Waals surface area contributed by atoms with Gasteiger partial charge >= 0.3 is 11.9 Å². The molecule has 16 heavy (non-hydrogen) atoms. The van der Waals surface area contributed by atoms with Crippen molar-refractivity contribution in [3.63, 3.8) is 0 Å². The van der Waals surface area contributed by atoms with Gasteiger partial charge in [-0.25, -0.2) is 4.79 Å². The Hall–Kier alpha value is -0.460. The van der Waals surface area contributed by atoms with Gasteiger partial charge in [0.25, 0.3) is 0 Å². The number of hydrogen-bond acceptors (Lipinski definition) is 5. The number of likely N-dealkylation sites (N-methyl/N-ethyl adjacent to an activating group) is 1. The van der Waals surface area contributed by atoms with Crippen molar-refractivity contribution in [1.29, 1.82) is 0 Å². The predicted molar refractivity (Wildman–Crippen MR) is 65.4 cm³/mol. The minimum Gasteiger partial charge on any atom is -0.391 e. The molecule has 0 spiro atoms. The minimum absolute atomic E-state index is 0. The fourth-order valence-corrected chi connectivity index (χ4v) is 1.68. The molecule has 1 aliphatic carbocycles. The van der Waals surface area contributed by atoms with Crippen LogP contribution >= 0.6 is 17.0 Å². The Kier molecular flexibility index (Phi) is 6.78. The molecule has 6 heteroatoms. The van der Waals surface area contributed by atoms with Crippen molar-refractivity contribution in [3.05, 3.63) is 0 Å². The lowest BCUT2D eigenvalue weighted by Crippen LogP contribution is -2.47. The molecule has 1 saturated carbocycles. The second kappa shape index (κ2) is 6.98. The maximum absolute atomic E-state index is 11.5. The fourth-order valence-electron chi connectivity index (χ4n) is 1.68. The third-order valence-electron chi connectivity index (χ3n) is 2.63. The molecule has 0 heterocycles.